The van der Waals surface area contributed by atoms with Crippen molar-refractivity contribution in [1.82, 2.24) is 0 Å². The first-order valence-corrected chi connectivity index (χ1v) is 7.35. The van der Waals surface area contributed by atoms with E-state index >= 15 is 0 Å². The van der Waals surface area contributed by atoms with Crippen LogP contribution in [0.4, 0.5) is 28.9 Å². The maximum Gasteiger partial charge on any atom is 0.387 e. The number of nitro groups is 1. The molecular weight excluding hydrogens is 374 g/mol. The standard InChI is InChI=1S/C16H13F4N3O4/c1-9(21-22-12-4-2-3-5-13(12)23(24)25)11-7-6-10(26-15(17)18)8-14(11)27-16(19)20/h2-8,15-16,22H,1H3/b21-9+. The Hall–Kier alpha value is -3.37. The van der Waals surface area contributed by atoms with Gasteiger partial charge < -0.3 is 9.47 Å². The van der Waals surface area contributed by atoms with Gasteiger partial charge in [-0.1, -0.05) is 12.1 Å². The van der Waals surface area contributed by atoms with Crippen LogP contribution in [-0.2, 0) is 0 Å². The molecule has 11 heteroatoms. The van der Waals surface area contributed by atoms with Crippen molar-refractivity contribution in [3.63, 3.8) is 0 Å². The summed E-state index contributed by atoms with van der Waals surface area (Å²) in [7, 11) is 0. The maximum atomic E-state index is 12.6. The molecule has 0 radical (unpaired) electrons. The fourth-order valence-corrected chi connectivity index (χ4v) is 2.10. The zero-order valence-corrected chi connectivity index (χ0v) is 13.7. The molecule has 2 aromatic rings. The molecule has 0 aromatic heterocycles. The molecule has 27 heavy (non-hydrogen) atoms. The second-order valence-corrected chi connectivity index (χ2v) is 5.00. The smallest absolute Gasteiger partial charge is 0.387 e. The number of hydrogen-bond donors (Lipinski definition) is 1. The van der Waals surface area contributed by atoms with E-state index in [4.69, 9.17) is 0 Å². The molecule has 0 spiro atoms. The molecule has 0 bridgehead atoms. The number of para-hydroxylation sites is 2. The number of anilines is 1. The summed E-state index contributed by atoms with van der Waals surface area (Å²) < 4.78 is 58.3. The number of hydrogen-bond acceptors (Lipinski definition) is 6. The molecule has 2 aromatic carbocycles. The van der Waals surface area contributed by atoms with Crippen molar-refractivity contribution in [1.29, 1.82) is 0 Å². The molecule has 0 heterocycles. The van der Waals surface area contributed by atoms with E-state index in [-0.39, 0.29) is 28.4 Å². The minimum atomic E-state index is -3.21. The number of benzene rings is 2. The van der Waals surface area contributed by atoms with Crippen LogP contribution in [0.2, 0.25) is 0 Å². The molecular formula is C16H13F4N3O4. The predicted molar refractivity (Wildman–Crippen MR) is 88.6 cm³/mol. The van der Waals surface area contributed by atoms with Gasteiger partial charge in [0.15, 0.2) is 0 Å². The molecule has 0 aliphatic heterocycles. The molecule has 0 saturated heterocycles. The molecule has 0 aliphatic carbocycles. The second kappa shape index (κ2) is 8.83. The van der Waals surface area contributed by atoms with E-state index in [0.717, 1.165) is 12.1 Å². The van der Waals surface area contributed by atoms with Gasteiger partial charge in [0.2, 0.25) is 0 Å². The summed E-state index contributed by atoms with van der Waals surface area (Å²) in [4.78, 5) is 10.4. The number of alkyl halides is 4. The van der Waals surface area contributed by atoms with Gasteiger partial charge in [0.1, 0.15) is 17.2 Å². The maximum absolute atomic E-state index is 12.6. The fourth-order valence-electron chi connectivity index (χ4n) is 2.10. The van der Waals surface area contributed by atoms with Gasteiger partial charge in [-0.05, 0) is 25.1 Å². The quantitative estimate of drug-likeness (QED) is 0.309. The van der Waals surface area contributed by atoms with Crippen LogP contribution < -0.4 is 14.9 Å². The van der Waals surface area contributed by atoms with Crippen molar-refractivity contribution in [2.75, 3.05) is 5.43 Å². The highest BCUT2D eigenvalue weighted by Gasteiger charge is 2.16. The summed E-state index contributed by atoms with van der Waals surface area (Å²) in [5, 5.41) is 14.9. The molecule has 0 amide bonds. The summed E-state index contributed by atoms with van der Waals surface area (Å²) in [5.74, 6) is -0.808. The third-order valence-electron chi connectivity index (χ3n) is 3.23. The zero-order chi connectivity index (χ0) is 20.0. The monoisotopic (exact) mass is 387 g/mol. The Morgan fingerprint density at radius 3 is 2.41 bits per heavy atom. The van der Waals surface area contributed by atoms with Crippen molar-refractivity contribution >= 4 is 17.1 Å². The highest BCUT2D eigenvalue weighted by atomic mass is 19.3. The number of nitrogens with zero attached hydrogens (tertiary/aromatic N) is 2. The molecule has 2 rings (SSSR count). The van der Waals surface area contributed by atoms with Crippen molar-refractivity contribution in [2.45, 2.75) is 20.1 Å². The molecule has 0 unspecified atom stereocenters. The minimum Gasteiger partial charge on any atom is -0.435 e. The average Bonchev–Trinajstić information content (AvgIpc) is 2.59. The highest BCUT2D eigenvalue weighted by Crippen LogP contribution is 2.29. The van der Waals surface area contributed by atoms with Gasteiger partial charge in [-0.15, -0.1) is 0 Å². The summed E-state index contributed by atoms with van der Waals surface area (Å²) >= 11 is 0. The van der Waals surface area contributed by atoms with Crippen LogP contribution in [0.5, 0.6) is 11.5 Å². The van der Waals surface area contributed by atoms with Gasteiger partial charge in [-0.25, -0.2) is 0 Å². The van der Waals surface area contributed by atoms with E-state index in [9.17, 15) is 27.7 Å². The third kappa shape index (κ3) is 5.56. The molecule has 0 atom stereocenters. The van der Waals surface area contributed by atoms with Crippen LogP contribution >= 0.6 is 0 Å². The number of rotatable bonds is 8. The zero-order valence-electron chi connectivity index (χ0n) is 13.7. The van der Waals surface area contributed by atoms with Crippen LogP contribution in [0.1, 0.15) is 12.5 Å². The topological polar surface area (TPSA) is 86.0 Å². The van der Waals surface area contributed by atoms with Crippen LogP contribution in [-0.4, -0.2) is 23.9 Å². The summed E-state index contributed by atoms with van der Waals surface area (Å²) in [6, 6.07) is 8.88. The van der Waals surface area contributed by atoms with Gasteiger partial charge in [0, 0.05) is 17.7 Å². The Bertz CT molecular complexity index is 846. The SMILES string of the molecule is C/C(=N\Nc1ccccc1[N+](=O)[O-])c1ccc(OC(F)F)cc1OC(F)F. The number of hydrazone groups is 1. The lowest BCUT2D eigenvalue weighted by Crippen LogP contribution is -2.09. The average molecular weight is 387 g/mol. The summed E-state index contributed by atoms with van der Waals surface area (Å²) in [6.07, 6.45) is 0. The van der Waals surface area contributed by atoms with Crippen molar-refractivity contribution < 1.29 is 32.0 Å². The Morgan fingerprint density at radius 1 is 1.11 bits per heavy atom. The van der Waals surface area contributed by atoms with Crippen LogP contribution in [0.15, 0.2) is 47.6 Å². The second-order valence-electron chi connectivity index (χ2n) is 5.00. The molecule has 0 aliphatic rings. The van der Waals surface area contributed by atoms with Crippen LogP contribution in [0.25, 0.3) is 0 Å². The van der Waals surface area contributed by atoms with E-state index in [1.54, 1.807) is 6.07 Å². The first kappa shape index (κ1) is 19.9. The third-order valence-corrected chi connectivity index (χ3v) is 3.23. The van der Waals surface area contributed by atoms with E-state index in [0.29, 0.717) is 0 Å². The Balaban J connectivity index is 2.32. The largest absolute Gasteiger partial charge is 0.435 e. The molecule has 0 saturated carbocycles. The van der Waals surface area contributed by atoms with Gasteiger partial charge in [0.25, 0.3) is 5.69 Å². The van der Waals surface area contributed by atoms with Gasteiger partial charge >= 0.3 is 13.2 Å². The number of nitrogens with one attached hydrogen (secondary N) is 1. The number of halogens is 4. The Labute approximate surface area is 150 Å². The first-order valence-electron chi connectivity index (χ1n) is 7.35. The fraction of sp³-hybridized carbons (Fsp3) is 0.188. The predicted octanol–water partition coefficient (Wildman–Crippen LogP) is 4.63. The van der Waals surface area contributed by atoms with E-state index in [1.165, 1.54) is 31.2 Å². The van der Waals surface area contributed by atoms with Gasteiger partial charge in [-0.2, -0.15) is 22.7 Å². The summed E-state index contributed by atoms with van der Waals surface area (Å²) in [6.45, 7) is -4.92. The summed E-state index contributed by atoms with van der Waals surface area (Å²) in [5.41, 5.74) is 2.49. The van der Waals surface area contributed by atoms with Crippen molar-refractivity contribution in [3.8, 4) is 11.5 Å². The lowest BCUT2D eigenvalue weighted by Gasteiger charge is -2.13. The number of nitro benzene ring substituents is 1. The highest BCUT2D eigenvalue weighted by molar-refractivity contribution is 6.01. The van der Waals surface area contributed by atoms with Gasteiger partial charge in [-0.3, -0.25) is 15.5 Å². The van der Waals surface area contributed by atoms with Crippen LogP contribution in [0, 0.1) is 10.1 Å². The number of ether oxygens (including phenoxy) is 2. The van der Waals surface area contributed by atoms with Crippen molar-refractivity contribution in [2.24, 2.45) is 5.10 Å². The van der Waals surface area contributed by atoms with Gasteiger partial charge in [0.05, 0.1) is 10.6 Å². The van der Waals surface area contributed by atoms with E-state index in [1.807, 2.05) is 0 Å². The molecule has 0 fully saturated rings. The Kier molecular flexibility index (Phi) is 6.52. The molecule has 1 N–H and O–H groups in total. The Morgan fingerprint density at radius 2 is 1.78 bits per heavy atom. The molecule has 144 valence electrons. The lowest BCUT2D eigenvalue weighted by atomic mass is 10.1. The van der Waals surface area contributed by atoms with E-state index in [2.05, 4.69) is 20.0 Å². The molecule has 7 nitrogen and oxygen atoms in total. The lowest BCUT2D eigenvalue weighted by molar-refractivity contribution is -0.384. The van der Waals surface area contributed by atoms with Crippen LogP contribution in [0.3, 0.4) is 0 Å². The van der Waals surface area contributed by atoms with Crippen molar-refractivity contribution in [3.05, 3.63) is 58.1 Å². The normalized spacial score (nSPS) is 11.6. The van der Waals surface area contributed by atoms with E-state index < -0.39 is 23.9 Å². The minimum absolute atomic E-state index is 0.0583. The first-order chi connectivity index (χ1) is 12.8.